The number of fused-ring (bicyclic) bond motifs is 1. The van der Waals surface area contributed by atoms with Crippen LogP contribution < -0.4 is 10.6 Å². The topological polar surface area (TPSA) is 80.3 Å². The van der Waals surface area contributed by atoms with Crippen molar-refractivity contribution < 1.29 is 13.6 Å². The Balaban J connectivity index is 1.28. The molecule has 2 N–H and O–H groups in total. The number of nitrogens with one attached hydrogen (secondary N) is 2. The van der Waals surface area contributed by atoms with Crippen molar-refractivity contribution in [2.45, 2.75) is 13.8 Å². The molecule has 0 unspecified atom stereocenters. The molecule has 0 saturated heterocycles. The minimum absolute atomic E-state index is 0.0789. The summed E-state index contributed by atoms with van der Waals surface area (Å²) in [7, 11) is 0. The van der Waals surface area contributed by atoms with Crippen LogP contribution in [-0.2, 0) is 0 Å². The molecule has 5 aromatic rings. The smallest absolute Gasteiger partial charge is 0.293 e. The number of nitrogens with zero attached hydrogens (tertiary/aromatic N) is 1. The lowest BCUT2D eigenvalue weighted by Crippen LogP contribution is -2.33. The molecule has 5 rings (SSSR count). The Labute approximate surface area is 222 Å². The average molecular weight is 536 g/mol. The van der Waals surface area contributed by atoms with Gasteiger partial charge in [0.05, 0.1) is 10.0 Å². The third kappa shape index (κ3) is 4.86. The highest BCUT2D eigenvalue weighted by Crippen LogP contribution is 2.34. The van der Waals surface area contributed by atoms with Crippen molar-refractivity contribution in [1.82, 2.24) is 10.3 Å². The van der Waals surface area contributed by atoms with Gasteiger partial charge in [-0.3, -0.25) is 10.1 Å². The van der Waals surface area contributed by atoms with Gasteiger partial charge in [-0.15, -0.1) is 0 Å². The van der Waals surface area contributed by atoms with Gasteiger partial charge < -0.3 is 14.2 Å². The van der Waals surface area contributed by atoms with E-state index in [9.17, 15) is 4.79 Å². The molecule has 0 saturated carbocycles. The van der Waals surface area contributed by atoms with Crippen LogP contribution in [0.1, 0.15) is 21.7 Å². The SMILES string of the molecule is Cc1ccc(-c2nc3cc(NC(=S)NC(=O)c4ccc(-c5cccc(Cl)c5Cl)o4)ccc3o2)c(C)c1. The minimum atomic E-state index is -0.503. The van der Waals surface area contributed by atoms with Gasteiger partial charge in [-0.2, -0.15) is 0 Å². The van der Waals surface area contributed by atoms with Gasteiger partial charge in [-0.1, -0.05) is 47.0 Å². The first kappa shape index (κ1) is 24.1. The summed E-state index contributed by atoms with van der Waals surface area (Å²) in [5.74, 6) is 0.540. The maximum Gasteiger partial charge on any atom is 0.293 e. The number of furan rings is 1. The third-order valence-corrected chi connectivity index (χ3v) is 6.55. The Hall–Kier alpha value is -3.65. The number of rotatable bonds is 4. The lowest BCUT2D eigenvalue weighted by Gasteiger charge is -2.08. The number of carbonyl (C=O) groups excluding carboxylic acids is 1. The van der Waals surface area contributed by atoms with Gasteiger partial charge in [0.25, 0.3) is 5.91 Å². The van der Waals surface area contributed by atoms with E-state index in [1.165, 1.54) is 5.56 Å². The first-order valence-corrected chi connectivity index (χ1v) is 12.1. The number of oxazole rings is 1. The zero-order valence-corrected chi connectivity index (χ0v) is 21.5. The molecule has 6 nitrogen and oxygen atoms in total. The third-order valence-electron chi connectivity index (χ3n) is 5.53. The van der Waals surface area contributed by atoms with Gasteiger partial charge in [0.1, 0.15) is 11.3 Å². The molecule has 36 heavy (non-hydrogen) atoms. The van der Waals surface area contributed by atoms with Crippen LogP contribution in [0, 0.1) is 13.8 Å². The van der Waals surface area contributed by atoms with Crippen molar-refractivity contribution in [1.29, 1.82) is 0 Å². The summed E-state index contributed by atoms with van der Waals surface area (Å²) in [6, 6.07) is 19.9. The van der Waals surface area contributed by atoms with Crippen molar-refractivity contribution in [3.05, 3.63) is 93.7 Å². The van der Waals surface area contributed by atoms with E-state index in [0.29, 0.717) is 44.0 Å². The maximum atomic E-state index is 12.7. The van der Waals surface area contributed by atoms with Gasteiger partial charge >= 0.3 is 0 Å². The number of amides is 1. The number of benzene rings is 3. The largest absolute Gasteiger partial charge is 0.451 e. The number of halogens is 2. The summed E-state index contributed by atoms with van der Waals surface area (Å²) in [6.07, 6.45) is 0. The van der Waals surface area contributed by atoms with Gasteiger partial charge in [-0.05, 0) is 80.2 Å². The molecular formula is C27H19Cl2N3O3S. The van der Waals surface area contributed by atoms with Gasteiger partial charge in [0.2, 0.25) is 5.89 Å². The van der Waals surface area contributed by atoms with Crippen molar-refractivity contribution >= 4 is 63.2 Å². The van der Waals surface area contributed by atoms with Crippen LogP contribution in [0.25, 0.3) is 33.9 Å². The number of carbonyl (C=O) groups is 1. The van der Waals surface area contributed by atoms with Crippen LogP contribution in [0.2, 0.25) is 10.0 Å². The summed E-state index contributed by atoms with van der Waals surface area (Å²) in [5.41, 5.74) is 5.75. The van der Waals surface area contributed by atoms with Crippen molar-refractivity contribution in [2.24, 2.45) is 0 Å². The van der Waals surface area contributed by atoms with Crippen LogP contribution in [0.4, 0.5) is 5.69 Å². The van der Waals surface area contributed by atoms with E-state index in [4.69, 9.17) is 44.3 Å². The predicted molar refractivity (Wildman–Crippen MR) is 147 cm³/mol. The number of hydrogen-bond acceptors (Lipinski definition) is 5. The molecule has 1 amide bonds. The number of thiocarbonyl (C=S) groups is 1. The molecule has 0 radical (unpaired) electrons. The molecule has 0 spiro atoms. The molecule has 0 fully saturated rings. The second-order valence-electron chi connectivity index (χ2n) is 8.19. The van der Waals surface area contributed by atoms with Gasteiger partial charge in [0, 0.05) is 16.8 Å². The molecule has 180 valence electrons. The van der Waals surface area contributed by atoms with E-state index < -0.39 is 5.91 Å². The number of hydrogen-bond donors (Lipinski definition) is 2. The average Bonchev–Trinajstić information content (AvgIpc) is 3.48. The Bertz CT molecular complexity index is 1640. The highest BCUT2D eigenvalue weighted by Gasteiger charge is 2.17. The summed E-state index contributed by atoms with van der Waals surface area (Å²) in [4.78, 5) is 17.3. The first-order valence-electron chi connectivity index (χ1n) is 10.9. The Morgan fingerprint density at radius 1 is 0.944 bits per heavy atom. The monoisotopic (exact) mass is 535 g/mol. The van der Waals surface area contributed by atoms with Crippen LogP contribution in [0.15, 0.2) is 75.6 Å². The number of anilines is 1. The molecule has 2 aromatic heterocycles. The van der Waals surface area contributed by atoms with Crippen molar-refractivity contribution in [3.8, 4) is 22.8 Å². The Kier molecular flexibility index (Phi) is 6.53. The Morgan fingerprint density at radius 2 is 1.78 bits per heavy atom. The van der Waals surface area contributed by atoms with Crippen LogP contribution in [-0.4, -0.2) is 16.0 Å². The predicted octanol–water partition coefficient (Wildman–Crippen LogP) is 7.81. The van der Waals surface area contributed by atoms with Crippen LogP contribution in [0.3, 0.4) is 0 Å². The molecule has 0 aliphatic heterocycles. The van der Waals surface area contributed by atoms with Gasteiger partial charge in [-0.25, -0.2) is 4.98 Å². The lowest BCUT2D eigenvalue weighted by atomic mass is 10.1. The molecule has 3 aromatic carbocycles. The number of aryl methyl sites for hydroxylation is 2. The van der Waals surface area contributed by atoms with Crippen LogP contribution in [0.5, 0.6) is 0 Å². The minimum Gasteiger partial charge on any atom is -0.451 e. The van der Waals surface area contributed by atoms with E-state index in [1.54, 1.807) is 48.5 Å². The molecule has 0 aliphatic rings. The second kappa shape index (κ2) is 9.78. The highest BCUT2D eigenvalue weighted by molar-refractivity contribution is 7.80. The molecular weight excluding hydrogens is 517 g/mol. The Morgan fingerprint density at radius 3 is 2.58 bits per heavy atom. The standard InChI is InChI=1S/C27H19Cl2N3O3S/c1-14-6-8-17(15(2)12-14)26-31-20-13-16(7-9-22(20)35-26)30-27(36)32-25(33)23-11-10-21(34-23)18-4-3-5-19(28)24(18)29/h3-13H,1-2H3,(H2,30,32,33,36). The maximum absolute atomic E-state index is 12.7. The molecule has 0 bridgehead atoms. The zero-order chi connectivity index (χ0) is 25.4. The lowest BCUT2D eigenvalue weighted by molar-refractivity contribution is 0.0951. The normalized spacial score (nSPS) is 11.0. The van der Waals surface area contributed by atoms with E-state index in [0.717, 1.165) is 11.1 Å². The van der Waals surface area contributed by atoms with Crippen LogP contribution >= 0.6 is 35.4 Å². The van der Waals surface area contributed by atoms with E-state index in [-0.39, 0.29) is 10.9 Å². The summed E-state index contributed by atoms with van der Waals surface area (Å²) in [5, 5.41) is 6.46. The summed E-state index contributed by atoms with van der Waals surface area (Å²) < 4.78 is 11.6. The summed E-state index contributed by atoms with van der Waals surface area (Å²) >= 11 is 17.6. The van der Waals surface area contributed by atoms with E-state index in [1.807, 2.05) is 26.0 Å². The fourth-order valence-corrected chi connectivity index (χ4v) is 4.40. The second-order valence-corrected chi connectivity index (χ2v) is 9.39. The summed E-state index contributed by atoms with van der Waals surface area (Å²) in [6.45, 7) is 4.07. The van der Waals surface area contributed by atoms with E-state index >= 15 is 0 Å². The van der Waals surface area contributed by atoms with E-state index in [2.05, 4.69) is 21.7 Å². The number of aromatic nitrogens is 1. The first-order chi connectivity index (χ1) is 17.3. The molecule has 9 heteroatoms. The van der Waals surface area contributed by atoms with Crippen molar-refractivity contribution in [2.75, 3.05) is 5.32 Å². The quantitative estimate of drug-likeness (QED) is 0.228. The molecule has 2 heterocycles. The van der Waals surface area contributed by atoms with Crippen molar-refractivity contribution in [3.63, 3.8) is 0 Å². The van der Waals surface area contributed by atoms with Gasteiger partial charge in [0.15, 0.2) is 16.5 Å². The zero-order valence-electron chi connectivity index (χ0n) is 19.2. The fourth-order valence-electron chi connectivity index (χ4n) is 3.80. The molecule has 0 atom stereocenters. The molecule has 0 aliphatic carbocycles. The fraction of sp³-hybridized carbons (Fsp3) is 0.0741. The highest BCUT2D eigenvalue weighted by atomic mass is 35.5.